The van der Waals surface area contributed by atoms with Crippen molar-refractivity contribution in [1.82, 2.24) is 0 Å². The van der Waals surface area contributed by atoms with Crippen molar-refractivity contribution in [3.63, 3.8) is 0 Å². The molecule has 3 aromatic carbocycles. The van der Waals surface area contributed by atoms with Crippen LogP contribution in [0.4, 0.5) is 0 Å². The highest BCUT2D eigenvalue weighted by Crippen LogP contribution is 2.23. The van der Waals surface area contributed by atoms with E-state index >= 15 is 0 Å². The minimum absolute atomic E-state index is 0.212. The van der Waals surface area contributed by atoms with Crippen molar-refractivity contribution in [1.29, 1.82) is 0 Å². The Balaban J connectivity index is 1.65. The molecule has 0 unspecified atom stereocenters. The van der Waals surface area contributed by atoms with Crippen LogP contribution in [0.1, 0.15) is 10.4 Å². The predicted molar refractivity (Wildman–Crippen MR) is 121 cm³/mol. The molecule has 3 rings (SSSR count). The summed E-state index contributed by atoms with van der Waals surface area (Å²) < 4.78 is 16.7. The standard InChI is InChI=1S/C23H20Cl2O4S/c1-27-19-8-2-16(3-9-19)23(26)29-21(14-28-20-10-4-17(24)5-11-20)15-30-22-12-6-18(25)7-13-22/h2-13,21H,14-15H2,1H3/t21-/m1/s1. The number of hydrogen-bond donors (Lipinski definition) is 0. The molecule has 7 heteroatoms. The zero-order valence-corrected chi connectivity index (χ0v) is 18.5. The van der Waals surface area contributed by atoms with Gasteiger partial charge >= 0.3 is 5.97 Å². The van der Waals surface area contributed by atoms with Crippen LogP contribution in [0.3, 0.4) is 0 Å². The van der Waals surface area contributed by atoms with E-state index in [1.807, 2.05) is 24.3 Å². The van der Waals surface area contributed by atoms with Crippen molar-refractivity contribution in [2.45, 2.75) is 11.0 Å². The van der Waals surface area contributed by atoms with Crippen LogP contribution in [0.5, 0.6) is 11.5 Å². The van der Waals surface area contributed by atoms with Crippen molar-refractivity contribution in [2.24, 2.45) is 0 Å². The molecular weight excluding hydrogens is 443 g/mol. The van der Waals surface area contributed by atoms with E-state index in [9.17, 15) is 4.79 Å². The van der Waals surface area contributed by atoms with Gasteiger partial charge in [-0.1, -0.05) is 23.2 Å². The molecule has 0 heterocycles. The number of carbonyl (C=O) groups excluding carboxylic acids is 1. The maximum atomic E-state index is 12.6. The highest BCUT2D eigenvalue weighted by Gasteiger charge is 2.18. The van der Waals surface area contributed by atoms with Crippen LogP contribution in [-0.2, 0) is 4.74 Å². The van der Waals surface area contributed by atoms with E-state index in [4.69, 9.17) is 37.4 Å². The number of ether oxygens (including phenoxy) is 3. The van der Waals surface area contributed by atoms with Crippen LogP contribution in [0, 0.1) is 0 Å². The van der Waals surface area contributed by atoms with Gasteiger partial charge < -0.3 is 14.2 Å². The van der Waals surface area contributed by atoms with Gasteiger partial charge in [0.25, 0.3) is 0 Å². The first kappa shape index (κ1) is 22.3. The van der Waals surface area contributed by atoms with Crippen LogP contribution < -0.4 is 9.47 Å². The van der Waals surface area contributed by atoms with Gasteiger partial charge in [0.05, 0.1) is 12.7 Å². The normalized spacial score (nSPS) is 11.6. The summed E-state index contributed by atoms with van der Waals surface area (Å²) >= 11 is 13.4. The van der Waals surface area contributed by atoms with E-state index in [-0.39, 0.29) is 6.61 Å². The third-order valence-electron chi connectivity index (χ3n) is 4.10. The van der Waals surface area contributed by atoms with Gasteiger partial charge in [-0.3, -0.25) is 0 Å². The Morgan fingerprint density at radius 1 is 0.867 bits per heavy atom. The Labute approximate surface area is 190 Å². The summed E-state index contributed by atoms with van der Waals surface area (Å²) in [6, 6.07) is 21.3. The van der Waals surface area contributed by atoms with E-state index in [1.54, 1.807) is 67.4 Å². The number of halogens is 2. The zero-order chi connectivity index (χ0) is 21.3. The van der Waals surface area contributed by atoms with Gasteiger partial charge in [-0.15, -0.1) is 11.8 Å². The van der Waals surface area contributed by atoms with Crippen LogP contribution in [0.25, 0.3) is 0 Å². The molecule has 0 saturated carbocycles. The lowest BCUT2D eigenvalue weighted by Gasteiger charge is -2.19. The first-order valence-electron chi connectivity index (χ1n) is 9.15. The van der Waals surface area contributed by atoms with Crippen LogP contribution in [0.2, 0.25) is 10.0 Å². The van der Waals surface area contributed by atoms with E-state index in [0.29, 0.717) is 32.9 Å². The predicted octanol–water partition coefficient (Wildman–Crippen LogP) is 6.40. The third-order valence-corrected chi connectivity index (χ3v) is 5.75. The maximum Gasteiger partial charge on any atom is 0.338 e. The molecule has 0 aliphatic heterocycles. The molecule has 0 radical (unpaired) electrons. The van der Waals surface area contributed by atoms with Gasteiger partial charge in [-0.05, 0) is 72.8 Å². The summed E-state index contributed by atoms with van der Waals surface area (Å²) in [5, 5.41) is 1.30. The molecule has 0 bridgehead atoms. The van der Waals surface area contributed by atoms with Crippen LogP contribution >= 0.6 is 35.0 Å². The van der Waals surface area contributed by atoms with Crippen LogP contribution in [-0.4, -0.2) is 31.5 Å². The smallest absolute Gasteiger partial charge is 0.338 e. The summed E-state index contributed by atoms with van der Waals surface area (Å²) in [4.78, 5) is 13.6. The molecule has 156 valence electrons. The molecule has 4 nitrogen and oxygen atoms in total. The van der Waals surface area contributed by atoms with Crippen LogP contribution in [0.15, 0.2) is 77.7 Å². The Bertz CT molecular complexity index is 895. The van der Waals surface area contributed by atoms with Crippen molar-refractivity contribution < 1.29 is 19.0 Å². The number of methoxy groups -OCH3 is 1. The van der Waals surface area contributed by atoms with Gasteiger partial charge in [0, 0.05) is 20.7 Å². The second-order valence-corrected chi connectivity index (χ2v) is 8.25. The highest BCUT2D eigenvalue weighted by atomic mass is 35.5. The van der Waals surface area contributed by atoms with Crippen molar-refractivity contribution in [3.8, 4) is 11.5 Å². The highest BCUT2D eigenvalue weighted by molar-refractivity contribution is 7.99. The van der Waals surface area contributed by atoms with E-state index < -0.39 is 12.1 Å². The molecule has 0 aromatic heterocycles. The average Bonchev–Trinajstić information content (AvgIpc) is 2.77. The molecule has 0 aliphatic carbocycles. The number of thioether (sulfide) groups is 1. The molecule has 0 spiro atoms. The lowest BCUT2D eigenvalue weighted by atomic mass is 10.2. The molecule has 30 heavy (non-hydrogen) atoms. The molecule has 0 amide bonds. The summed E-state index contributed by atoms with van der Waals surface area (Å²) in [7, 11) is 1.57. The SMILES string of the molecule is COc1ccc(C(=O)O[C@H](COc2ccc(Cl)cc2)CSc2ccc(Cl)cc2)cc1. The largest absolute Gasteiger partial charge is 0.497 e. The number of hydrogen-bond acceptors (Lipinski definition) is 5. The molecule has 0 saturated heterocycles. The lowest BCUT2D eigenvalue weighted by Crippen LogP contribution is -2.27. The second-order valence-electron chi connectivity index (χ2n) is 6.29. The maximum absolute atomic E-state index is 12.6. The summed E-state index contributed by atoms with van der Waals surface area (Å²) in [6.45, 7) is 0.212. The molecule has 0 aliphatic rings. The first-order valence-corrected chi connectivity index (χ1v) is 10.9. The zero-order valence-electron chi connectivity index (χ0n) is 16.2. The molecule has 1 atom stereocenters. The summed E-state index contributed by atoms with van der Waals surface area (Å²) in [6.07, 6.45) is -0.462. The Morgan fingerprint density at radius 2 is 1.43 bits per heavy atom. The Hall–Kier alpha value is -2.34. The fraction of sp³-hybridized carbons (Fsp3) is 0.174. The van der Waals surface area contributed by atoms with Gasteiger partial charge in [-0.25, -0.2) is 4.79 Å². The quantitative estimate of drug-likeness (QED) is 0.272. The van der Waals surface area contributed by atoms with Crippen molar-refractivity contribution >= 4 is 40.9 Å². The molecule has 3 aromatic rings. The molecule has 0 N–H and O–H groups in total. The lowest BCUT2D eigenvalue weighted by molar-refractivity contribution is 0.0241. The minimum Gasteiger partial charge on any atom is -0.497 e. The average molecular weight is 463 g/mol. The first-order chi connectivity index (χ1) is 14.5. The molecular formula is C23H20Cl2O4S. The van der Waals surface area contributed by atoms with E-state index in [0.717, 1.165) is 4.90 Å². The number of esters is 1. The van der Waals surface area contributed by atoms with Gasteiger partial charge in [0.1, 0.15) is 24.2 Å². The topological polar surface area (TPSA) is 44.8 Å². The summed E-state index contributed by atoms with van der Waals surface area (Å²) in [5.74, 6) is 1.44. The summed E-state index contributed by atoms with van der Waals surface area (Å²) in [5.41, 5.74) is 0.448. The Kier molecular flexibility index (Phi) is 8.31. The van der Waals surface area contributed by atoms with Gasteiger partial charge in [0.2, 0.25) is 0 Å². The van der Waals surface area contributed by atoms with Crippen molar-refractivity contribution in [2.75, 3.05) is 19.5 Å². The third kappa shape index (κ3) is 6.87. The van der Waals surface area contributed by atoms with Crippen molar-refractivity contribution in [3.05, 3.63) is 88.4 Å². The second kappa shape index (κ2) is 11.2. The number of benzene rings is 3. The molecule has 0 fully saturated rings. The fourth-order valence-electron chi connectivity index (χ4n) is 2.50. The monoisotopic (exact) mass is 462 g/mol. The number of carbonyl (C=O) groups is 1. The fourth-order valence-corrected chi connectivity index (χ4v) is 3.63. The minimum atomic E-state index is -0.462. The van der Waals surface area contributed by atoms with Gasteiger partial charge in [0.15, 0.2) is 0 Å². The number of rotatable bonds is 9. The van der Waals surface area contributed by atoms with Gasteiger partial charge in [-0.2, -0.15) is 0 Å². The Morgan fingerprint density at radius 3 is 2.03 bits per heavy atom. The van der Waals surface area contributed by atoms with E-state index in [1.165, 1.54) is 0 Å². The van der Waals surface area contributed by atoms with E-state index in [2.05, 4.69) is 0 Å².